The van der Waals surface area contributed by atoms with Crippen LogP contribution in [0.2, 0.25) is 0 Å². The van der Waals surface area contributed by atoms with Crippen molar-refractivity contribution >= 4 is 6.16 Å². The lowest BCUT2D eigenvalue weighted by Gasteiger charge is -2.17. The summed E-state index contributed by atoms with van der Waals surface area (Å²) in [4.78, 5) is 11.5. The first-order valence-electron chi connectivity index (χ1n) is 8.96. The van der Waals surface area contributed by atoms with Gasteiger partial charge in [-0.15, -0.1) is 0 Å². The lowest BCUT2D eigenvalue weighted by Crippen LogP contribution is -2.11. The lowest BCUT2D eigenvalue weighted by atomic mass is 10.1. The number of hydrogen-bond donors (Lipinski definition) is 0. The van der Waals surface area contributed by atoms with Gasteiger partial charge in [0.25, 0.3) is 0 Å². The molecule has 0 aromatic heterocycles. The van der Waals surface area contributed by atoms with Crippen LogP contribution in [0.1, 0.15) is 42.4 Å². The van der Waals surface area contributed by atoms with Gasteiger partial charge in [-0.1, -0.05) is 6.07 Å². The number of carbonyl (C=O) groups excluding carboxylic acids is 1. The Kier molecular flexibility index (Phi) is 5.84. The van der Waals surface area contributed by atoms with Crippen LogP contribution in [-0.4, -0.2) is 19.9 Å². The molecule has 1 fully saturated rings. The van der Waals surface area contributed by atoms with Crippen molar-refractivity contribution in [2.24, 2.45) is 0 Å². The quantitative estimate of drug-likeness (QED) is 0.496. The highest BCUT2D eigenvalue weighted by Crippen LogP contribution is 2.45. The second-order valence-corrected chi connectivity index (χ2v) is 6.42. The minimum absolute atomic E-state index is 0.0741. The number of hydrogen-bond acceptors (Lipinski definition) is 5. The summed E-state index contributed by atoms with van der Waals surface area (Å²) < 4.78 is 35.4. The van der Waals surface area contributed by atoms with Crippen molar-refractivity contribution in [3.05, 3.63) is 52.8 Å². The third-order valence-electron chi connectivity index (χ3n) is 4.43. The third-order valence-corrected chi connectivity index (χ3v) is 4.43. The maximum Gasteiger partial charge on any atom is 0.513 e. The van der Waals surface area contributed by atoms with Crippen LogP contribution in [0.4, 0.5) is 9.18 Å². The number of rotatable bonds is 7. The van der Waals surface area contributed by atoms with Crippen molar-refractivity contribution in [3.8, 4) is 17.2 Å². The molecule has 0 spiro atoms. The summed E-state index contributed by atoms with van der Waals surface area (Å²) >= 11 is 0. The molecule has 0 radical (unpaired) electrons. The van der Waals surface area contributed by atoms with Crippen LogP contribution in [0.25, 0.3) is 0 Å². The van der Waals surface area contributed by atoms with Crippen LogP contribution >= 0.6 is 0 Å². The number of ether oxygens (including phenoxy) is 4. The molecule has 5 nitrogen and oxygen atoms in total. The van der Waals surface area contributed by atoms with Gasteiger partial charge >= 0.3 is 6.16 Å². The molecule has 3 rings (SSSR count). The van der Waals surface area contributed by atoms with Crippen LogP contribution in [-0.2, 0) is 11.3 Å². The molecule has 0 amide bonds. The van der Waals surface area contributed by atoms with E-state index in [0.29, 0.717) is 35.2 Å². The van der Waals surface area contributed by atoms with E-state index in [1.807, 2.05) is 13.0 Å². The normalized spacial score (nSPS) is 13.2. The van der Waals surface area contributed by atoms with Gasteiger partial charge in [0, 0.05) is 6.07 Å². The van der Waals surface area contributed by atoms with E-state index in [2.05, 4.69) is 4.74 Å². The monoisotopic (exact) mass is 374 g/mol. The van der Waals surface area contributed by atoms with Gasteiger partial charge in [-0.3, -0.25) is 0 Å². The number of carbonyl (C=O) groups is 1. The molecule has 6 heteroatoms. The van der Waals surface area contributed by atoms with Gasteiger partial charge < -0.3 is 18.9 Å². The van der Waals surface area contributed by atoms with Crippen molar-refractivity contribution in [2.75, 3.05) is 13.7 Å². The van der Waals surface area contributed by atoms with Crippen LogP contribution in [0.15, 0.2) is 30.3 Å². The summed E-state index contributed by atoms with van der Waals surface area (Å²) in [5.41, 5.74) is 2.18. The highest BCUT2D eigenvalue weighted by molar-refractivity contribution is 5.65. The molecule has 1 aliphatic rings. The standard InChI is InChI=1S/C21H23FO5/c1-4-25-18-6-5-7-19(27-21(23)24-3)16(18)12-26-20-11-17(22)13(2)10-15(20)14-8-9-14/h5-7,10-11,14H,4,8-9,12H2,1-3H3. The zero-order chi connectivity index (χ0) is 19.4. The van der Waals surface area contributed by atoms with E-state index in [9.17, 15) is 9.18 Å². The molecule has 1 aliphatic carbocycles. The van der Waals surface area contributed by atoms with Crippen molar-refractivity contribution in [3.63, 3.8) is 0 Å². The van der Waals surface area contributed by atoms with Crippen molar-refractivity contribution in [1.82, 2.24) is 0 Å². The Morgan fingerprint density at radius 3 is 2.56 bits per heavy atom. The Morgan fingerprint density at radius 2 is 1.89 bits per heavy atom. The maximum absolute atomic E-state index is 14.1. The highest BCUT2D eigenvalue weighted by Gasteiger charge is 2.28. The van der Waals surface area contributed by atoms with E-state index in [1.165, 1.54) is 13.2 Å². The molecule has 2 aromatic rings. The first-order valence-corrected chi connectivity index (χ1v) is 8.96. The van der Waals surface area contributed by atoms with Crippen LogP contribution < -0.4 is 14.2 Å². The van der Waals surface area contributed by atoms with Gasteiger partial charge in [-0.25, -0.2) is 9.18 Å². The van der Waals surface area contributed by atoms with E-state index >= 15 is 0 Å². The Morgan fingerprint density at radius 1 is 1.15 bits per heavy atom. The fourth-order valence-corrected chi connectivity index (χ4v) is 2.88. The molecule has 0 saturated heterocycles. The van der Waals surface area contributed by atoms with E-state index in [-0.39, 0.29) is 18.2 Å². The fraction of sp³-hybridized carbons (Fsp3) is 0.381. The van der Waals surface area contributed by atoms with Gasteiger partial charge in [-0.2, -0.15) is 0 Å². The molecule has 1 saturated carbocycles. The minimum Gasteiger partial charge on any atom is -0.493 e. The molecule has 0 aliphatic heterocycles. The summed E-state index contributed by atoms with van der Waals surface area (Å²) in [6.45, 7) is 4.13. The predicted molar refractivity (Wildman–Crippen MR) is 98.1 cm³/mol. The van der Waals surface area contributed by atoms with Crippen LogP contribution in [0.3, 0.4) is 0 Å². The summed E-state index contributed by atoms with van der Waals surface area (Å²) in [7, 11) is 1.24. The fourth-order valence-electron chi connectivity index (χ4n) is 2.88. The molecule has 144 valence electrons. The molecule has 27 heavy (non-hydrogen) atoms. The van der Waals surface area contributed by atoms with Gasteiger partial charge in [0.15, 0.2) is 0 Å². The SMILES string of the molecule is CCOc1cccc(OC(=O)OC)c1COc1cc(F)c(C)cc1C1CC1. The zero-order valence-corrected chi connectivity index (χ0v) is 15.7. The van der Waals surface area contributed by atoms with Crippen molar-refractivity contribution < 1.29 is 28.1 Å². The zero-order valence-electron chi connectivity index (χ0n) is 15.7. The highest BCUT2D eigenvalue weighted by atomic mass is 19.1. The van der Waals surface area contributed by atoms with Crippen LogP contribution in [0.5, 0.6) is 17.2 Å². The molecular weight excluding hydrogens is 351 g/mol. The molecule has 2 aromatic carbocycles. The number of benzene rings is 2. The molecular formula is C21H23FO5. The number of aryl methyl sites for hydroxylation is 1. The van der Waals surface area contributed by atoms with E-state index in [0.717, 1.165) is 18.4 Å². The van der Waals surface area contributed by atoms with Gasteiger partial charge in [0.05, 0.1) is 19.3 Å². The maximum atomic E-state index is 14.1. The summed E-state index contributed by atoms with van der Waals surface area (Å²) in [6, 6.07) is 8.39. The number of methoxy groups -OCH3 is 1. The second kappa shape index (κ2) is 8.29. The molecule has 0 unspecified atom stereocenters. The lowest BCUT2D eigenvalue weighted by molar-refractivity contribution is 0.120. The Bertz CT molecular complexity index is 830. The first kappa shape index (κ1) is 19.0. The van der Waals surface area contributed by atoms with Gasteiger partial charge in [0.1, 0.15) is 29.7 Å². The molecule has 0 atom stereocenters. The smallest absolute Gasteiger partial charge is 0.493 e. The van der Waals surface area contributed by atoms with E-state index < -0.39 is 6.16 Å². The molecule has 0 heterocycles. The van der Waals surface area contributed by atoms with E-state index in [1.54, 1.807) is 25.1 Å². The largest absolute Gasteiger partial charge is 0.513 e. The Labute approximate surface area is 158 Å². The predicted octanol–water partition coefficient (Wildman–Crippen LogP) is 5.13. The minimum atomic E-state index is -0.829. The summed E-state index contributed by atoms with van der Waals surface area (Å²) in [6.07, 6.45) is 1.33. The second-order valence-electron chi connectivity index (χ2n) is 6.42. The van der Waals surface area contributed by atoms with Crippen molar-refractivity contribution in [1.29, 1.82) is 0 Å². The van der Waals surface area contributed by atoms with Crippen LogP contribution in [0, 0.1) is 12.7 Å². The van der Waals surface area contributed by atoms with E-state index in [4.69, 9.17) is 14.2 Å². The topological polar surface area (TPSA) is 54.0 Å². The summed E-state index contributed by atoms with van der Waals surface area (Å²) in [5.74, 6) is 1.44. The Hall–Kier alpha value is -2.76. The molecule has 0 bridgehead atoms. The average Bonchev–Trinajstić information content (AvgIpc) is 3.49. The van der Waals surface area contributed by atoms with Crippen molar-refractivity contribution in [2.45, 2.75) is 39.2 Å². The number of halogens is 1. The molecule has 0 N–H and O–H groups in total. The summed E-state index contributed by atoms with van der Waals surface area (Å²) in [5, 5.41) is 0. The Balaban J connectivity index is 1.89. The first-order chi connectivity index (χ1) is 13.0. The van der Waals surface area contributed by atoms with Gasteiger partial charge in [-0.05, 0) is 61.9 Å². The third kappa shape index (κ3) is 4.51. The average molecular weight is 374 g/mol. The van der Waals surface area contributed by atoms with Gasteiger partial charge in [0.2, 0.25) is 0 Å².